The van der Waals surface area contributed by atoms with Crippen LogP contribution in [0, 0.1) is 4.91 Å². The Hall–Kier alpha value is -3.81. The van der Waals surface area contributed by atoms with Gasteiger partial charge in [0.2, 0.25) is 0 Å². The summed E-state index contributed by atoms with van der Waals surface area (Å²) in [5, 5.41) is 8.74. The average molecular weight is 348 g/mol. The third kappa shape index (κ3) is 3.99. The van der Waals surface area contributed by atoms with E-state index in [2.05, 4.69) is 25.8 Å². The van der Waals surface area contributed by atoms with E-state index in [1.54, 1.807) is 48.5 Å². The summed E-state index contributed by atoms with van der Waals surface area (Å²) in [4.78, 5) is 30.7. The van der Waals surface area contributed by atoms with E-state index >= 15 is 0 Å². The van der Waals surface area contributed by atoms with Gasteiger partial charge in [0.15, 0.2) is 0 Å². The number of hydrogen-bond acceptors (Lipinski definition) is 7. The molecule has 1 amide bonds. The van der Waals surface area contributed by atoms with Gasteiger partial charge in [-0.3, -0.25) is 4.79 Å². The number of nitroso groups, excluding NO2 is 1. The van der Waals surface area contributed by atoms with Gasteiger partial charge in [-0.05, 0) is 36.4 Å². The number of benzene rings is 2. The van der Waals surface area contributed by atoms with Gasteiger partial charge in [0.05, 0.1) is 5.56 Å². The average Bonchev–Trinajstić information content (AvgIpc) is 2.67. The molecule has 4 N–H and O–H groups in total. The number of nitrogens with one attached hydrogen (secondary N) is 2. The minimum Gasteiger partial charge on any atom is -0.383 e. The van der Waals surface area contributed by atoms with Crippen molar-refractivity contribution in [2.45, 2.75) is 6.54 Å². The first-order valence-corrected chi connectivity index (χ1v) is 7.79. The zero-order valence-electron chi connectivity index (χ0n) is 13.7. The summed E-state index contributed by atoms with van der Waals surface area (Å²) >= 11 is 0. The fraction of sp³-hybridized carbons (Fsp3) is 0.0556. The SMILES string of the molecule is Nc1ncnc(Nc2ccc(NC(=O)c3ccccc3)cc2)c1CN=O. The van der Waals surface area contributed by atoms with E-state index < -0.39 is 0 Å². The maximum atomic E-state index is 12.1. The summed E-state index contributed by atoms with van der Waals surface area (Å²) in [7, 11) is 0. The Kier molecular flexibility index (Phi) is 5.14. The van der Waals surface area contributed by atoms with Crippen LogP contribution in [0.1, 0.15) is 15.9 Å². The highest BCUT2D eigenvalue weighted by molar-refractivity contribution is 6.04. The number of anilines is 4. The van der Waals surface area contributed by atoms with E-state index in [4.69, 9.17) is 5.73 Å². The number of aromatic nitrogens is 2. The van der Waals surface area contributed by atoms with Crippen molar-refractivity contribution in [2.75, 3.05) is 16.4 Å². The first-order valence-electron chi connectivity index (χ1n) is 7.79. The first-order chi connectivity index (χ1) is 12.7. The van der Waals surface area contributed by atoms with Crippen molar-refractivity contribution in [1.29, 1.82) is 0 Å². The molecular weight excluding hydrogens is 332 g/mol. The fourth-order valence-electron chi connectivity index (χ4n) is 2.32. The van der Waals surface area contributed by atoms with Gasteiger partial charge >= 0.3 is 0 Å². The Morgan fingerprint density at radius 1 is 1.00 bits per heavy atom. The molecule has 0 spiro atoms. The number of nitrogens with zero attached hydrogens (tertiary/aromatic N) is 3. The molecule has 0 aliphatic heterocycles. The van der Waals surface area contributed by atoms with Crippen LogP contribution in [0.3, 0.4) is 0 Å². The molecule has 0 unspecified atom stereocenters. The number of hydrogen-bond donors (Lipinski definition) is 3. The molecule has 0 aliphatic carbocycles. The topological polar surface area (TPSA) is 122 Å². The zero-order chi connectivity index (χ0) is 18.4. The summed E-state index contributed by atoms with van der Waals surface area (Å²) < 4.78 is 0. The van der Waals surface area contributed by atoms with Crippen LogP contribution >= 0.6 is 0 Å². The van der Waals surface area contributed by atoms with E-state index in [1.807, 2.05) is 6.07 Å². The van der Waals surface area contributed by atoms with Crippen LogP contribution in [0.25, 0.3) is 0 Å². The van der Waals surface area contributed by atoms with Crippen molar-refractivity contribution in [1.82, 2.24) is 9.97 Å². The van der Waals surface area contributed by atoms with Crippen molar-refractivity contribution in [3.63, 3.8) is 0 Å². The van der Waals surface area contributed by atoms with Gasteiger partial charge in [-0.15, -0.1) is 0 Å². The molecule has 3 aromatic rings. The molecule has 130 valence electrons. The van der Waals surface area contributed by atoms with Crippen LogP contribution in [0.15, 0.2) is 66.1 Å². The molecule has 0 saturated heterocycles. The molecule has 8 nitrogen and oxygen atoms in total. The highest BCUT2D eigenvalue weighted by Gasteiger charge is 2.10. The van der Waals surface area contributed by atoms with Crippen molar-refractivity contribution < 1.29 is 4.79 Å². The standard InChI is InChI=1S/C18H16N6O2/c19-16-15(10-22-26)17(21-11-20-16)23-13-6-8-14(9-7-13)24-18(25)12-4-2-1-3-5-12/h1-9,11H,10H2,(H,24,25)(H3,19,20,21,23). The predicted octanol–water partition coefficient (Wildman–Crippen LogP) is 3.32. The van der Waals surface area contributed by atoms with Crippen LogP contribution in [0.2, 0.25) is 0 Å². The van der Waals surface area contributed by atoms with Crippen molar-refractivity contribution in [2.24, 2.45) is 5.18 Å². The number of nitrogens with two attached hydrogens (primary N) is 1. The van der Waals surface area contributed by atoms with Crippen LogP contribution in [0.5, 0.6) is 0 Å². The van der Waals surface area contributed by atoms with E-state index in [0.717, 1.165) is 0 Å². The van der Waals surface area contributed by atoms with Crippen LogP contribution in [-0.4, -0.2) is 15.9 Å². The summed E-state index contributed by atoms with van der Waals surface area (Å²) in [6.45, 7) is -0.125. The van der Waals surface area contributed by atoms with Crippen molar-refractivity contribution >= 4 is 28.9 Å². The Morgan fingerprint density at radius 3 is 2.38 bits per heavy atom. The third-order valence-electron chi connectivity index (χ3n) is 3.64. The predicted molar refractivity (Wildman–Crippen MR) is 100 cm³/mol. The minimum atomic E-state index is -0.186. The lowest BCUT2D eigenvalue weighted by molar-refractivity contribution is 0.102. The molecule has 8 heteroatoms. The number of carbonyl (C=O) groups excluding carboxylic acids is 1. The number of nitrogen functional groups attached to an aromatic ring is 1. The molecule has 1 heterocycles. The molecule has 0 atom stereocenters. The highest BCUT2D eigenvalue weighted by Crippen LogP contribution is 2.23. The molecular formula is C18H16N6O2. The van der Waals surface area contributed by atoms with Crippen LogP contribution in [0.4, 0.5) is 23.0 Å². The molecule has 1 aromatic heterocycles. The smallest absolute Gasteiger partial charge is 0.255 e. The van der Waals surface area contributed by atoms with Gasteiger partial charge in [-0.2, -0.15) is 4.91 Å². The second-order valence-electron chi connectivity index (χ2n) is 5.40. The molecule has 0 radical (unpaired) electrons. The van der Waals surface area contributed by atoms with E-state index in [9.17, 15) is 9.70 Å². The number of carbonyl (C=O) groups is 1. The van der Waals surface area contributed by atoms with Gasteiger partial charge in [-0.25, -0.2) is 9.97 Å². The summed E-state index contributed by atoms with van der Waals surface area (Å²) in [6.07, 6.45) is 1.31. The Morgan fingerprint density at radius 2 is 1.69 bits per heavy atom. The Balaban J connectivity index is 1.72. The van der Waals surface area contributed by atoms with Gasteiger partial charge < -0.3 is 16.4 Å². The van der Waals surface area contributed by atoms with E-state index in [0.29, 0.717) is 28.3 Å². The van der Waals surface area contributed by atoms with Crippen molar-refractivity contribution in [3.05, 3.63) is 77.0 Å². The monoisotopic (exact) mass is 348 g/mol. The zero-order valence-corrected chi connectivity index (χ0v) is 13.7. The van der Waals surface area contributed by atoms with Gasteiger partial charge in [0.1, 0.15) is 24.5 Å². The fourth-order valence-corrected chi connectivity index (χ4v) is 2.32. The number of rotatable bonds is 6. The second kappa shape index (κ2) is 7.84. The van der Waals surface area contributed by atoms with Gasteiger partial charge in [-0.1, -0.05) is 23.4 Å². The quantitative estimate of drug-likeness (QED) is 0.587. The molecule has 0 saturated carbocycles. The molecule has 0 fully saturated rings. The third-order valence-corrected chi connectivity index (χ3v) is 3.64. The lowest BCUT2D eigenvalue weighted by Gasteiger charge is -2.11. The molecule has 3 rings (SSSR count). The molecule has 0 aliphatic rings. The summed E-state index contributed by atoms with van der Waals surface area (Å²) in [5.74, 6) is 0.432. The molecule has 26 heavy (non-hydrogen) atoms. The van der Waals surface area contributed by atoms with Crippen LogP contribution in [-0.2, 0) is 6.54 Å². The van der Waals surface area contributed by atoms with E-state index in [-0.39, 0.29) is 18.3 Å². The lowest BCUT2D eigenvalue weighted by Crippen LogP contribution is -2.11. The first kappa shape index (κ1) is 17.0. The summed E-state index contributed by atoms with van der Waals surface area (Å²) in [6, 6.07) is 16.0. The normalized spacial score (nSPS) is 10.2. The van der Waals surface area contributed by atoms with Crippen molar-refractivity contribution in [3.8, 4) is 0 Å². The molecule has 0 bridgehead atoms. The van der Waals surface area contributed by atoms with Gasteiger partial charge in [0.25, 0.3) is 5.91 Å². The lowest BCUT2D eigenvalue weighted by atomic mass is 10.2. The number of amides is 1. The minimum absolute atomic E-state index is 0.125. The maximum Gasteiger partial charge on any atom is 0.255 e. The Bertz CT molecular complexity index is 913. The largest absolute Gasteiger partial charge is 0.383 e. The second-order valence-corrected chi connectivity index (χ2v) is 5.40. The highest BCUT2D eigenvalue weighted by atomic mass is 16.3. The summed E-state index contributed by atoms with van der Waals surface area (Å²) in [5.41, 5.74) is 8.14. The molecule has 2 aromatic carbocycles. The Labute approximate surface area is 149 Å². The maximum absolute atomic E-state index is 12.1. The van der Waals surface area contributed by atoms with E-state index in [1.165, 1.54) is 6.33 Å². The van der Waals surface area contributed by atoms with Gasteiger partial charge in [0, 0.05) is 16.9 Å². The van der Waals surface area contributed by atoms with Crippen LogP contribution < -0.4 is 16.4 Å².